The summed E-state index contributed by atoms with van der Waals surface area (Å²) in [5, 5.41) is 8.84. The Hall–Kier alpha value is -3.00. The van der Waals surface area contributed by atoms with Gasteiger partial charge in [0.2, 0.25) is 11.8 Å². The second-order valence-corrected chi connectivity index (χ2v) is 8.15. The number of hydrogen-bond acceptors (Lipinski definition) is 5. The number of aromatic nitrogens is 1. The summed E-state index contributed by atoms with van der Waals surface area (Å²) in [6.07, 6.45) is 1.46. The highest BCUT2D eigenvalue weighted by atomic mass is 19.1. The van der Waals surface area contributed by atoms with E-state index in [1.165, 1.54) is 0 Å². The van der Waals surface area contributed by atoms with Crippen LogP contribution in [-0.2, 0) is 29.2 Å². The van der Waals surface area contributed by atoms with Crippen molar-refractivity contribution >= 4 is 17.6 Å². The highest BCUT2D eigenvalue weighted by Gasteiger charge is 2.30. The average molecular weight is 428 g/mol. The fourth-order valence-electron chi connectivity index (χ4n) is 3.85. The third-order valence-corrected chi connectivity index (χ3v) is 5.63. The van der Waals surface area contributed by atoms with Gasteiger partial charge in [0.25, 0.3) is 0 Å². The van der Waals surface area contributed by atoms with Crippen molar-refractivity contribution in [1.82, 2.24) is 20.9 Å². The summed E-state index contributed by atoms with van der Waals surface area (Å²) >= 11 is 0. The molecule has 3 atom stereocenters. The maximum atomic E-state index is 12.9. The van der Waals surface area contributed by atoms with Crippen molar-refractivity contribution in [2.45, 2.75) is 52.0 Å². The number of alkyl halides is 1. The first kappa shape index (κ1) is 22.7. The summed E-state index contributed by atoms with van der Waals surface area (Å²) < 4.78 is 12.9. The Labute approximate surface area is 182 Å². The number of nitrogens with zero attached hydrogens (tertiary/aromatic N) is 1. The van der Waals surface area contributed by atoms with Gasteiger partial charge < -0.3 is 21.7 Å². The highest BCUT2D eigenvalue weighted by molar-refractivity contribution is 5.89. The molecular weight excluding hydrogens is 397 g/mol. The summed E-state index contributed by atoms with van der Waals surface area (Å²) in [5.41, 5.74) is 9.02. The molecule has 0 spiro atoms. The molecule has 1 aliphatic rings. The minimum absolute atomic E-state index is 0.187. The molecule has 0 bridgehead atoms. The van der Waals surface area contributed by atoms with Crippen molar-refractivity contribution in [3.05, 3.63) is 58.8 Å². The monoisotopic (exact) mass is 427 g/mol. The van der Waals surface area contributed by atoms with E-state index >= 15 is 0 Å². The molecule has 1 aromatic heterocycles. The number of rotatable bonds is 8. The van der Waals surface area contributed by atoms with E-state index in [1.807, 2.05) is 31.2 Å². The summed E-state index contributed by atoms with van der Waals surface area (Å²) in [7, 11) is 0. The Balaban J connectivity index is 1.45. The van der Waals surface area contributed by atoms with Crippen LogP contribution in [0.2, 0.25) is 0 Å². The van der Waals surface area contributed by atoms with Crippen LogP contribution in [0.25, 0.3) is 0 Å². The Morgan fingerprint density at radius 1 is 1.29 bits per heavy atom. The van der Waals surface area contributed by atoms with E-state index < -0.39 is 12.7 Å². The smallest absolute Gasteiger partial charge is 0.242 e. The zero-order valence-corrected chi connectivity index (χ0v) is 18.0. The number of nitrogens with one attached hydrogen (secondary N) is 3. The molecule has 0 aliphatic carbocycles. The van der Waals surface area contributed by atoms with Crippen LogP contribution in [-0.4, -0.2) is 35.4 Å². The van der Waals surface area contributed by atoms with Crippen LogP contribution in [0.3, 0.4) is 0 Å². The van der Waals surface area contributed by atoms with Crippen LogP contribution in [0.15, 0.2) is 36.4 Å². The lowest BCUT2D eigenvalue weighted by atomic mass is 9.95. The molecule has 0 unspecified atom stereocenters. The molecule has 31 heavy (non-hydrogen) atoms. The van der Waals surface area contributed by atoms with Gasteiger partial charge in [-0.15, -0.1) is 0 Å². The van der Waals surface area contributed by atoms with Gasteiger partial charge in [-0.1, -0.05) is 30.3 Å². The minimum Gasteiger partial charge on any atom is -0.384 e. The number of pyridine rings is 1. The van der Waals surface area contributed by atoms with Crippen LogP contribution in [0.4, 0.5) is 10.2 Å². The van der Waals surface area contributed by atoms with E-state index in [-0.39, 0.29) is 23.8 Å². The van der Waals surface area contributed by atoms with Gasteiger partial charge in [-0.05, 0) is 61.9 Å². The van der Waals surface area contributed by atoms with Gasteiger partial charge in [0.05, 0.1) is 6.04 Å². The summed E-state index contributed by atoms with van der Waals surface area (Å²) in [6, 6.07) is 10.0. The number of hydrogen-bond donors (Lipinski definition) is 4. The van der Waals surface area contributed by atoms with Crippen molar-refractivity contribution in [3.63, 3.8) is 0 Å². The largest absolute Gasteiger partial charge is 0.384 e. The normalized spacial score (nSPS) is 19.1. The molecule has 1 aromatic carbocycles. The molecule has 2 amide bonds. The van der Waals surface area contributed by atoms with Crippen LogP contribution >= 0.6 is 0 Å². The number of nitrogen functional groups attached to an aromatic ring is 1. The van der Waals surface area contributed by atoms with E-state index in [0.717, 1.165) is 23.2 Å². The Morgan fingerprint density at radius 3 is 2.81 bits per heavy atom. The van der Waals surface area contributed by atoms with Crippen molar-refractivity contribution in [2.24, 2.45) is 5.92 Å². The predicted molar refractivity (Wildman–Crippen MR) is 118 cm³/mol. The number of aryl methyl sites for hydroxylation is 1. The van der Waals surface area contributed by atoms with E-state index in [1.54, 1.807) is 19.1 Å². The zero-order valence-electron chi connectivity index (χ0n) is 18.0. The third kappa shape index (κ3) is 6.24. The molecule has 1 fully saturated rings. The van der Waals surface area contributed by atoms with Crippen LogP contribution in [0, 0.1) is 12.8 Å². The van der Waals surface area contributed by atoms with Crippen molar-refractivity contribution < 1.29 is 14.0 Å². The first-order chi connectivity index (χ1) is 14.9. The quantitative estimate of drug-likeness (QED) is 0.514. The second kappa shape index (κ2) is 10.3. The Kier molecular flexibility index (Phi) is 7.57. The topological polar surface area (TPSA) is 109 Å². The first-order valence-corrected chi connectivity index (χ1v) is 10.5. The van der Waals surface area contributed by atoms with E-state index in [2.05, 4.69) is 20.9 Å². The number of halogens is 1. The molecule has 0 radical (unpaired) electrons. The average Bonchev–Trinajstić information content (AvgIpc) is 3.21. The molecule has 2 heterocycles. The van der Waals surface area contributed by atoms with E-state index in [9.17, 15) is 14.0 Å². The zero-order chi connectivity index (χ0) is 22.4. The standard InChI is InChI=1S/C23H30FN5O2/c1-14-19(6-7-21(25)28-14)13-27-22(30)15(2)29-23(31)20-10-18(12-26-20)9-16-4-3-5-17(8-16)11-24/h3-8,15,18,20,26H,9-13H2,1-2H3,(H2,25,28)(H,27,30)(H,29,31)/t15-,18-,20+/m0/s1. The lowest BCUT2D eigenvalue weighted by Gasteiger charge is -2.17. The molecule has 0 saturated carbocycles. The van der Waals surface area contributed by atoms with E-state index in [0.29, 0.717) is 30.9 Å². The highest BCUT2D eigenvalue weighted by Crippen LogP contribution is 2.20. The van der Waals surface area contributed by atoms with Gasteiger partial charge in [0.15, 0.2) is 0 Å². The molecule has 5 N–H and O–H groups in total. The van der Waals surface area contributed by atoms with E-state index in [4.69, 9.17) is 5.73 Å². The van der Waals surface area contributed by atoms with Crippen molar-refractivity contribution in [3.8, 4) is 0 Å². The number of amides is 2. The molecule has 1 saturated heterocycles. The first-order valence-electron chi connectivity index (χ1n) is 10.5. The summed E-state index contributed by atoms with van der Waals surface area (Å²) in [6.45, 7) is 4.05. The lowest BCUT2D eigenvalue weighted by molar-refractivity contribution is -0.129. The second-order valence-electron chi connectivity index (χ2n) is 8.15. The fraction of sp³-hybridized carbons (Fsp3) is 0.435. The lowest BCUT2D eigenvalue weighted by Crippen LogP contribution is -2.50. The van der Waals surface area contributed by atoms with Gasteiger partial charge >= 0.3 is 0 Å². The van der Waals surface area contributed by atoms with Crippen molar-refractivity contribution in [2.75, 3.05) is 12.3 Å². The molecule has 2 aromatic rings. The van der Waals surface area contributed by atoms with Gasteiger partial charge in [0, 0.05) is 12.2 Å². The molecule has 8 heteroatoms. The molecular formula is C23H30FN5O2. The summed E-state index contributed by atoms with van der Waals surface area (Å²) in [5.74, 6) is 0.275. The predicted octanol–water partition coefficient (Wildman–Crippen LogP) is 1.78. The van der Waals surface area contributed by atoms with Gasteiger partial charge in [0.1, 0.15) is 18.5 Å². The molecule has 7 nitrogen and oxygen atoms in total. The minimum atomic E-state index is -0.656. The maximum absolute atomic E-state index is 12.9. The van der Waals surface area contributed by atoms with Gasteiger partial charge in [-0.2, -0.15) is 0 Å². The third-order valence-electron chi connectivity index (χ3n) is 5.63. The number of nitrogens with two attached hydrogens (primary N) is 1. The fourth-order valence-corrected chi connectivity index (χ4v) is 3.85. The molecule has 3 rings (SSSR count). The van der Waals surface area contributed by atoms with Gasteiger partial charge in [-0.3, -0.25) is 9.59 Å². The van der Waals surface area contributed by atoms with Gasteiger partial charge in [-0.25, -0.2) is 9.37 Å². The Bertz CT molecular complexity index is 936. The summed E-state index contributed by atoms with van der Waals surface area (Å²) in [4.78, 5) is 29.2. The maximum Gasteiger partial charge on any atom is 0.242 e. The van der Waals surface area contributed by atoms with Crippen LogP contribution in [0.1, 0.15) is 35.7 Å². The number of carbonyl (C=O) groups excluding carboxylic acids is 2. The van der Waals surface area contributed by atoms with Crippen molar-refractivity contribution in [1.29, 1.82) is 0 Å². The molecule has 1 aliphatic heterocycles. The number of carbonyl (C=O) groups is 2. The molecule has 166 valence electrons. The van der Waals surface area contributed by atoms with Crippen LogP contribution < -0.4 is 21.7 Å². The SMILES string of the molecule is Cc1nc(N)ccc1CNC(=O)[C@H](C)NC(=O)[C@H]1C[C@H](Cc2cccc(CF)c2)CN1. The number of anilines is 1. The Morgan fingerprint density at radius 2 is 2.06 bits per heavy atom. The number of benzene rings is 1. The van der Waals surface area contributed by atoms with Crippen LogP contribution in [0.5, 0.6) is 0 Å².